The average Bonchev–Trinajstić information content (AvgIpc) is 2.80. The summed E-state index contributed by atoms with van der Waals surface area (Å²) in [5.74, 6) is -0.0744. The first-order valence-corrected chi connectivity index (χ1v) is 11.6. The van der Waals surface area contributed by atoms with E-state index in [4.69, 9.17) is 8.92 Å². The van der Waals surface area contributed by atoms with Crippen LogP contribution in [0.4, 0.5) is 4.39 Å². The van der Waals surface area contributed by atoms with Crippen molar-refractivity contribution in [3.8, 4) is 11.5 Å². The van der Waals surface area contributed by atoms with Crippen molar-refractivity contribution in [2.45, 2.75) is 20.0 Å². The number of benzene rings is 3. The van der Waals surface area contributed by atoms with Crippen LogP contribution in [0, 0.1) is 5.82 Å². The van der Waals surface area contributed by atoms with Gasteiger partial charge in [0.05, 0.1) is 18.4 Å². The van der Waals surface area contributed by atoms with Crippen LogP contribution in [0.3, 0.4) is 0 Å². The molecular weight excluding hydrogens is 433 g/mol. The number of methoxy groups -OCH3 is 1. The van der Waals surface area contributed by atoms with E-state index in [0.717, 1.165) is 11.1 Å². The highest BCUT2D eigenvalue weighted by molar-refractivity contribution is 7.87. The van der Waals surface area contributed by atoms with Gasteiger partial charge < -0.3 is 13.8 Å². The van der Waals surface area contributed by atoms with E-state index in [9.17, 15) is 17.6 Å². The normalized spacial score (nSPS) is 11.1. The summed E-state index contributed by atoms with van der Waals surface area (Å²) in [5, 5.41) is 0. The molecular formula is C24H24FNO5S. The number of carbonyl (C=O) groups is 1. The van der Waals surface area contributed by atoms with E-state index in [1.165, 1.54) is 26.2 Å². The molecule has 3 aromatic rings. The second-order valence-corrected chi connectivity index (χ2v) is 8.92. The molecule has 3 rings (SSSR count). The third-order valence-corrected chi connectivity index (χ3v) is 5.94. The van der Waals surface area contributed by atoms with Crippen LogP contribution in [0.2, 0.25) is 0 Å². The molecule has 0 spiro atoms. The molecule has 0 aliphatic heterocycles. The Kier molecular flexibility index (Phi) is 7.48. The lowest BCUT2D eigenvalue weighted by Crippen LogP contribution is -2.30. The van der Waals surface area contributed by atoms with Gasteiger partial charge in [0.25, 0.3) is 5.91 Å². The van der Waals surface area contributed by atoms with Crippen molar-refractivity contribution < 1.29 is 26.5 Å². The first kappa shape index (κ1) is 23.3. The number of hydrogen-bond acceptors (Lipinski definition) is 5. The van der Waals surface area contributed by atoms with Gasteiger partial charge in [-0.1, -0.05) is 36.4 Å². The smallest absolute Gasteiger partial charge is 0.308 e. The van der Waals surface area contributed by atoms with Crippen molar-refractivity contribution in [1.29, 1.82) is 0 Å². The lowest BCUT2D eigenvalue weighted by atomic mass is 10.1. The van der Waals surface area contributed by atoms with Gasteiger partial charge >= 0.3 is 10.1 Å². The molecule has 32 heavy (non-hydrogen) atoms. The van der Waals surface area contributed by atoms with Crippen LogP contribution in [-0.4, -0.2) is 32.1 Å². The van der Waals surface area contributed by atoms with E-state index in [0.29, 0.717) is 11.3 Å². The molecule has 0 unspecified atom stereocenters. The average molecular weight is 458 g/mol. The Balaban J connectivity index is 1.86. The molecule has 6 nitrogen and oxygen atoms in total. The van der Waals surface area contributed by atoms with Crippen LogP contribution < -0.4 is 8.92 Å². The molecule has 0 atom stereocenters. The Hall–Kier alpha value is -3.39. The van der Waals surface area contributed by atoms with Crippen molar-refractivity contribution in [3.63, 3.8) is 0 Å². The number of carbonyl (C=O) groups excluding carboxylic acids is 1. The summed E-state index contributed by atoms with van der Waals surface area (Å²) >= 11 is 0. The summed E-state index contributed by atoms with van der Waals surface area (Å²) < 4.78 is 47.0. The van der Waals surface area contributed by atoms with Crippen molar-refractivity contribution >= 4 is 16.0 Å². The number of halogens is 1. The van der Waals surface area contributed by atoms with Crippen LogP contribution in [0.15, 0.2) is 72.8 Å². The molecule has 0 fully saturated rings. The number of ether oxygens (including phenoxy) is 1. The Bertz CT molecular complexity index is 1160. The van der Waals surface area contributed by atoms with Crippen LogP contribution >= 0.6 is 0 Å². The lowest BCUT2D eigenvalue weighted by Gasteiger charge is -2.24. The molecule has 0 bridgehead atoms. The first-order valence-electron chi connectivity index (χ1n) is 9.99. The van der Waals surface area contributed by atoms with Crippen molar-refractivity contribution in [2.24, 2.45) is 0 Å². The molecule has 0 aliphatic rings. The topological polar surface area (TPSA) is 72.9 Å². The van der Waals surface area contributed by atoms with Gasteiger partial charge in [-0.25, -0.2) is 4.39 Å². The van der Waals surface area contributed by atoms with E-state index in [1.807, 2.05) is 0 Å². The maximum atomic E-state index is 13.4. The fourth-order valence-corrected chi connectivity index (χ4v) is 3.60. The van der Waals surface area contributed by atoms with Crippen LogP contribution in [0.25, 0.3) is 0 Å². The SMILES string of the molecule is CCS(=O)(=O)Oc1ccc(CN(Cc2ccc(F)cc2)C(=O)c2ccccc2OC)cc1. The Morgan fingerprint density at radius 2 is 1.47 bits per heavy atom. The standard InChI is InChI=1S/C24H24FNO5S/c1-3-32(28,29)31-21-14-10-19(11-15-21)17-26(16-18-8-12-20(25)13-9-18)24(27)22-6-4-5-7-23(22)30-2/h4-15H,3,16-17H2,1-2H3. The highest BCUT2D eigenvalue weighted by Gasteiger charge is 2.20. The summed E-state index contributed by atoms with van der Waals surface area (Å²) in [7, 11) is -2.12. The Morgan fingerprint density at radius 1 is 0.906 bits per heavy atom. The summed E-state index contributed by atoms with van der Waals surface area (Å²) in [6.07, 6.45) is 0. The van der Waals surface area contributed by atoms with Crippen LogP contribution in [-0.2, 0) is 23.2 Å². The summed E-state index contributed by atoms with van der Waals surface area (Å²) in [6, 6.07) is 19.4. The highest BCUT2D eigenvalue weighted by Crippen LogP contribution is 2.23. The third-order valence-electron chi connectivity index (χ3n) is 4.78. The Morgan fingerprint density at radius 3 is 2.03 bits per heavy atom. The highest BCUT2D eigenvalue weighted by atomic mass is 32.2. The second-order valence-electron chi connectivity index (χ2n) is 7.06. The van der Waals surface area contributed by atoms with E-state index >= 15 is 0 Å². The van der Waals surface area contributed by atoms with Gasteiger partial charge in [-0.3, -0.25) is 4.79 Å². The van der Waals surface area contributed by atoms with Crippen molar-refractivity contribution in [2.75, 3.05) is 12.9 Å². The first-order chi connectivity index (χ1) is 15.3. The maximum absolute atomic E-state index is 13.4. The number of nitrogens with zero attached hydrogens (tertiary/aromatic N) is 1. The van der Waals surface area contributed by atoms with Gasteiger partial charge in [0, 0.05) is 13.1 Å². The zero-order valence-corrected chi connectivity index (χ0v) is 18.6. The monoisotopic (exact) mass is 457 g/mol. The number of amides is 1. The number of hydrogen-bond donors (Lipinski definition) is 0. The molecule has 0 aliphatic carbocycles. The molecule has 0 radical (unpaired) electrons. The minimum Gasteiger partial charge on any atom is -0.496 e. The van der Waals surface area contributed by atoms with Crippen molar-refractivity contribution in [1.82, 2.24) is 4.90 Å². The lowest BCUT2D eigenvalue weighted by molar-refractivity contribution is 0.0726. The molecule has 1 amide bonds. The summed E-state index contributed by atoms with van der Waals surface area (Å²) in [5.41, 5.74) is 1.95. The summed E-state index contributed by atoms with van der Waals surface area (Å²) in [4.78, 5) is 15.0. The van der Waals surface area contributed by atoms with E-state index in [-0.39, 0.29) is 36.3 Å². The van der Waals surface area contributed by atoms with Gasteiger partial charge in [-0.2, -0.15) is 8.42 Å². The molecule has 0 aromatic heterocycles. The predicted octanol–water partition coefficient (Wildman–Crippen LogP) is 4.41. The molecule has 0 N–H and O–H groups in total. The minimum atomic E-state index is -3.62. The zero-order valence-electron chi connectivity index (χ0n) is 17.8. The largest absolute Gasteiger partial charge is 0.496 e. The predicted molar refractivity (Wildman–Crippen MR) is 120 cm³/mol. The molecule has 3 aromatic carbocycles. The molecule has 0 saturated heterocycles. The Labute approximate surface area is 187 Å². The van der Waals surface area contributed by atoms with E-state index in [1.54, 1.807) is 65.6 Å². The third kappa shape index (κ3) is 6.07. The maximum Gasteiger partial charge on any atom is 0.308 e. The van der Waals surface area contributed by atoms with Gasteiger partial charge in [-0.15, -0.1) is 0 Å². The van der Waals surface area contributed by atoms with Gasteiger partial charge in [0.1, 0.15) is 17.3 Å². The van der Waals surface area contributed by atoms with Crippen LogP contribution in [0.5, 0.6) is 11.5 Å². The van der Waals surface area contributed by atoms with Crippen molar-refractivity contribution in [3.05, 3.63) is 95.3 Å². The molecule has 0 heterocycles. The van der Waals surface area contributed by atoms with E-state index < -0.39 is 10.1 Å². The fraction of sp³-hybridized carbons (Fsp3) is 0.208. The summed E-state index contributed by atoms with van der Waals surface area (Å²) in [6.45, 7) is 2.00. The van der Waals surface area contributed by atoms with Gasteiger partial charge in [0.2, 0.25) is 0 Å². The quantitative estimate of drug-likeness (QED) is 0.445. The second kappa shape index (κ2) is 10.3. The van der Waals surface area contributed by atoms with Crippen LogP contribution in [0.1, 0.15) is 28.4 Å². The molecule has 8 heteroatoms. The van der Waals surface area contributed by atoms with E-state index in [2.05, 4.69) is 0 Å². The zero-order chi connectivity index (χ0) is 23.1. The molecule has 168 valence electrons. The van der Waals surface area contributed by atoms with Gasteiger partial charge in [-0.05, 0) is 54.4 Å². The minimum absolute atomic E-state index is 0.131. The number of rotatable bonds is 9. The molecule has 0 saturated carbocycles. The number of para-hydroxylation sites is 1. The fourth-order valence-electron chi connectivity index (χ4n) is 3.08. The van der Waals surface area contributed by atoms with Gasteiger partial charge in [0.15, 0.2) is 0 Å².